The zero-order valence-electron chi connectivity index (χ0n) is 15.6. The van der Waals surface area contributed by atoms with Crippen molar-refractivity contribution in [2.75, 3.05) is 31.8 Å². The van der Waals surface area contributed by atoms with Gasteiger partial charge in [0.25, 0.3) is 0 Å². The molecule has 1 unspecified atom stereocenters. The molecule has 148 valence electrons. The maximum absolute atomic E-state index is 13.1. The van der Waals surface area contributed by atoms with Crippen molar-refractivity contribution >= 4 is 17.5 Å². The molecule has 1 saturated heterocycles. The van der Waals surface area contributed by atoms with Gasteiger partial charge in [-0.15, -0.1) is 0 Å². The Hall–Kier alpha value is -3.00. The molecule has 3 rings (SSSR count). The zero-order valence-corrected chi connectivity index (χ0v) is 15.6. The molecule has 7 nitrogen and oxygen atoms in total. The van der Waals surface area contributed by atoms with Crippen LogP contribution in [0.1, 0.15) is 12.0 Å². The number of pyridine rings is 1. The summed E-state index contributed by atoms with van der Waals surface area (Å²) < 4.78 is 23.3. The number of amides is 2. The maximum atomic E-state index is 13.1. The van der Waals surface area contributed by atoms with Gasteiger partial charge in [-0.3, -0.25) is 9.59 Å². The van der Waals surface area contributed by atoms with Crippen molar-refractivity contribution in [2.24, 2.45) is 5.92 Å². The van der Waals surface area contributed by atoms with Crippen LogP contribution in [0.2, 0.25) is 0 Å². The molecule has 1 N–H and O–H groups in total. The number of ether oxygens (including phenoxy) is 2. The Balaban J connectivity index is 1.51. The van der Waals surface area contributed by atoms with Gasteiger partial charge in [-0.2, -0.15) is 0 Å². The Morgan fingerprint density at radius 1 is 1.25 bits per heavy atom. The molecule has 0 aliphatic carbocycles. The fourth-order valence-electron chi connectivity index (χ4n) is 2.94. The van der Waals surface area contributed by atoms with Crippen molar-refractivity contribution in [2.45, 2.75) is 13.0 Å². The Bertz CT molecular complexity index is 811. The lowest BCUT2D eigenvalue weighted by Gasteiger charge is -2.16. The molecule has 1 aromatic carbocycles. The minimum absolute atomic E-state index is 0.268. The van der Waals surface area contributed by atoms with E-state index in [1.165, 1.54) is 29.2 Å². The summed E-state index contributed by atoms with van der Waals surface area (Å²) in [6, 6.07) is 9.19. The Kier molecular flexibility index (Phi) is 6.54. The van der Waals surface area contributed by atoms with Gasteiger partial charge in [0.2, 0.25) is 17.7 Å². The summed E-state index contributed by atoms with van der Waals surface area (Å²) in [5, 5.41) is 2.78. The van der Waals surface area contributed by atoms with Crippen LogP contribution in [-0.2, 0) is 20.9 Å². The molecule has 1 fully saturated rings. The molecule has 28 heavy (non-hydrogen) atoms. The van der Waals surface area contributed by atoms with Crippen molar-refractivity contribution in [1.29, 1.82) is 0 Å². The topological polar surface area (TPSA) is 80.8 Å². The third kappa shape index (κ3) is 4.83. The van der Waals surface area contributed by atoms with Gasteiger partial charge < -0.3 is 19.7 Å². The predicted octanol–water partition coefficient (Wildman–Crippen LogP) is 1.92. The minimum atomic E-state index is -0.741. The Morgan fingerprint density at radius 2 is 2.04 bits per heavy atom. The average Bonchev–Trinajstić information content (AvgIpc) is 3.09. The largest absolute Gasteiger partial charge is 0.475 e. The number of nitrogens with zero attached hydrogens (tertiary/aromatic N) is 2. The third-order valence-electron chi connectivity index (χ3n) is 4.46. The summed E-state index contributed by atoms with van der Waals surface area (Å²) in [6.45, 7) is 1.58. The van der Waals surface area contributed by atoms with Crippen LogP contribution in [0.25, 0.3) is 0 Å². The number of benzene rings is 1. The molecule has 1 aliphatic heterocycles. The van der Waals surface area contributed by atoms with E-state index < -0.39 is 5.92 Å². The molecule has 2 aromatic rings. The molecule has 2 amide bonds. The van der Waals surface area contributed by atoms with Crippen LogP contribution in [0.4, 0.5) is 10.1 Å². The number of rotatable bonds is 8. The van der Waals surface area contributed by atoms with Gasteiger partial charge in [0.05, 0.1) is 6.61 Å². The molecule has 0 bridgehead atoms. The summed E-state index contributed by atoms with van der Waals surface area (Å²) in [6.07, 6.45) is 2.04. The fraction of sp³-hybridized carbons (Fsp3) is 0.350. The first-order valence-electron chi connectivity index (χ1n) is 9.00. The first-order chi connectivity index (χ1) is 13.6. The van der Waals surface area contributed by atoms with E-state index in [1.807, 2.05) is 0 Å². The Labute approximate surface area is 162 Å². The normalized spacial score (nSPS) is 16.3. The first kappa shape index (κ1) is 19.8. The number of anilines is 1. The Morgan fingerprint density at radius 3 is 2.71 bits per heavy atom. The highest BCUT2D eigenvalue weighted by Gasteiger charge is 2.37. The van der Waals surface area contributed by atoms with Crippen LogP contribution in [0.3, 0.4) is 0 Å². The highest BCUT2D eigenvalue weighted by molar-refractivity contribution is 6.09. The highest BCUT2D eigenvalue weighted by atomic mass is 19.1. The number of methoxy groups -OCH3 is 1. The number of hydrogen-bond donors (Lipinski definition) is 1. The second kappa shape index (κ2) is 9.27. The van der Waals surface area contributed by atoms with Crippen molar-refractivity contribution in [3.8, 4) is 5.88 Å². The molecule has 0 radical (unpaired) electrons. The van der Waals surface area contributed by atoms with Crippen molar-refractivity contribution < 1.29 is 23.5 Å². The van der Waals surface area contributed by atoms with Gasteiger partial charge in [-0.1, -0.05) is 6.07 Å². The second-order valence-electron chi connectivity index (χ2n) is 6.37. The van der Waals surface area contributed by atoms with Gasteiger partial charge in [-0.05, 0) is 36.2 Å². The molecular weight excluding hydrogens is 365 g/mol. The van der Waals surface area contributed by atoms with Gasteiger partial charge in [0, 0.05) is 38.1 Å². The van der Waals surface area contributed by atoms with Gasteiger partial charge in [0.1, 0.15) is 18.3 Å². The van der Waals surface area contributed by atoms with Crippen LogP contribution in [0.5, 0.6) is 5.88 Å². The monoisotopic (exact) mass is 387 g/mol. The van der Waals surface area contributed by atoms with Crippen molar-refractivity contribution in [3.63, 3.8) is 0 Å². The van der Waals surface area contributed by atoms with E-state index in [2.05, 4.69) is 10.3 Å². The standard InChI is InChI=1S/C20H22FN3O4/c1-27-10-11-28-18-7-2-14(12-22-18)13-23-19(25)17-8-9-24(20(17)26)16-5-3-15(21)4-6-16/h2-7,12,17H,8-11,13H2,1H3,(H,23,25). The van der Waals surface area contributed by atoms with E-state index in [9.17, 15) is 14.0 Å². The maximum Gasteiger partial charge on any atom is 0.239 e. The second-order valence-corrected chi connectivity index (χ2v) is 6.37. The number of aromatic nitrogens is 1. The minimum Gasteiger partial charge on any atom is -0.475 e. The summed E-state index contributed by atoms with van der Waals surface area (Å²) >= 11 is 0. The summed E-state index contributed by atoms with van der Waals surface area (Å²) in [5.41, 5.74) is 1.39. The predicted molar refractivity (Wildman–Crippen MR) is 100 cm³/mol. The van der Waals surface area contributed by atoms with Crippen LogP contribution < -0.4 is 15.0 Å². The van der Waals surface area contributed by atoms with Crippen LogP contribution in [-0.4, -0.2) is 43.7 Å². The van der Waals surface area contributed by atoms with Crippen LogP contribution >= 0.6 is 0 Å². The lowest BCUT2D eigenvalue weighted by molar-refractivity contribution is -0.132. The van der Waals surface area contributed by atoms with Crippen LogP contribution in [0.15, 0.2) is 42.6 Å². The van der Waals surface area contributed by atoms with Crippen molar-refractivity contribution in [1.82, 2.24) is 10.3 Å². The molecule has 1 atom stereocenters. The number of carbonyl (C=O) groups excluding carboxylic acids is 2. The molecule has 1 aromatic heterocycles. The van der Waals surface area contributed by atoms with E-state index >= 15 is 0 Å². The van der Waals surface area contributed by atoms with E-state index in [0.717, 1.165) is 5.56 Å². The smallest absolute Gasteiger partial charge is 0.239 e. The summed E-state index contributed by atoms with van der Waals surface area (Å²) in [5.74, 6) is -1.23. The van der Waals surface area contributed by atoms with E-state index in [1.54, 1.807) is 25.4 Å². The van der Waals surface area contributed by atoms with E-state index in [4.69, 9.17) is 9.47 Å². The van der Waals surface area contributed by atoms with E-state index in [-0.39, 0.29) is 24.2 Å². The zero-order chi connectivity index (χ0) is 19.9. The molecule has 8 heteroatoms. The highest BCUT2D eigenvalue weighted by Crippen LogP contribution is 2.25. The van der Waals surface area contributed by atoms with Crippen LogP contribution in [0, 0.1) is 11.7 Å². The average molecular weight is 387 g/mol. The summed E-state index contributed by atoms with van der Waals surface area (Å²) in [4.78, 5) is 30.6. The first-order valence-corrected chi connectivity index (χ1v) is 9.00. The van der Waals surface area contributed by atoms with Gasteiger partial charge in [-0.25, -0.2) is 9.37 Å². The van der Waals surface area contributed by atoms with Gasteiger partial charge >= 0.3 is 0 Å². The number of nitrogens with one attached hydrogen (secondary N) is 1. The van der Waals surface area contributed by atoms with Gasteiger partial charge in [0.15, 0.2) is 0 Å². The molecule has 1 aliphatic rings. The molecular formula is C20H22FN3O4. The number of hydrogen-bond acceptors (Lipinski definition) is 5. The molecule has 0 saturated carbocycles. The third-order valence-corrected chi connectivity index (χ3v) is 4.46. The lowest BCUT2D eigenvalue weighted by atomic mass is 10.1. The number of halogens is 1. The number of carbonyl (C=O) groups is 2. The molecule has 0 spiro atoms. The van der Waals surface area contributed by atoms with Crippen molar-refractivity contribution in [3.05, 3.63) is 54.0 Å². The summed E-state index contributed by atoms with van der Waals surface area (Å²) in [7, 11) is 1.59. The van der Waals surface area contributed by atoms with E-state index in [0.29, 0.717) is 37.7 Å². The lowest BCUT2D eigenvalue weighted by Crippen LogP contribution is -2.36. The SMILES string of the molecule is COCCOc1ccc(CNC(=O)C2CCN(c3ccc(F)cc3)C2=O)cn1. The quantitative estimate of drug-likeness (QED) is 0.553. The molecule has 2 heterocycles. The fourth-order valence-corrected chi connectivity index (χ4v) is 2.94.